The molecule has 0 bridgehead atoms. The van der Waals surface area contributed by atoms with Gasteiger partial charge in [-0.05, 0) is 72.6 Å². The first-order valence-electron chi connectivity index (χ1n) is 12.9. The Balaban J connectivity index is 1.51. The Morgan fingerprint density at radius 3 is 2.46 bits per heavy atom. The second-order valence-electron chi connectivity index (χ2n) is 9.93. The van der Waals surface area contributed by atoms with Crippen LogP contribution in [0.25, 0.3) is 22.2 Å². The number of fused-ring (bicyclic) bond motifs is 1. The van der Waals surface area contributed by atoms with Gasteiger partial charge in [0.2, 0.25) is 5.91 Å². The third-order valence-electron chi connectivity index (χ3n) is 7.28. The number of benzene rings is 2. The number of piperidine rings is 1. The van der Waals surface area contributed by atoms with Crippen LogP contribution < -0.4 is 14.8 Å². The molecule has 8 heteroatoms. The lowest BCUT2D eigenvalue weighted by Gasteiger charge is -2.32. The molecule has 0 saturated carbocycles. The topological polar surface area (TPSA) is 104 Å². The van der Waals surface area contributed by atoms with Crippen molar-refractivity contribution in [1.29, 1.82) is 0 Å². The number of ether oxygens (including phenoxy) is 2. The van der Waals surface area contributed by atoms with Crippen molar-refractivity contribution < 1.29 is 24.2 Å². The number of nitrogens with zero attached hydrogens (tertiary/aromatic N) is 1. The highest BCUT2D eigenvalue weighted by atomic mass is 16.5. The van der Waals surface area contributed by atoms with Crippen molar-refractivity contribution >= 4 is 22.9 Å². The van der Waals surface area contributed by atoms with Crippen molar-refractivity contribution in [2.75, 3.05) is 33.9 Å². The minimum absolute atomic E-state index is 0.105. The van der Waals surface area contributed by atoms with Gasteiger partial charge in [-0.25, -0.2) is 4.79 Å². The molecule has 1 aliphatic heterocycles. The molecule has 0 spiro atoms. The molecule has 8 nitrogen and oxygen atoms in total. The van der Waals surface area contributed by atoms with E-state index in [0.29, 0.717) is 42.7 Å². The first kappa shape index (κ1) is 26.4. The summed E-state index contributed by atoms with van der Waals surface area (Å²) in [5.74, 6) is 2.24. The van der Waals surface area contributed by atoms with E-state index in [1.54, 1.807) is 14.2 Å². The molecule has 3 N–H and O–H groups in total. The summed E-state index contributed by atoms with van der Waals surface area (Å²) in [6, 6.07) is 12.7. The summed E-state index contributed by atoms with van der Waals surface area (Å²) in [5.41, 5.74) is 5.86. The van der Waals surface area contributed by atoms with Gasteiger partial charge in [0.05, 0.1) is 19.9 Å². The first-order chi connectivity index (χ1) is 17.8. The standard InChI is InChI=1S/C29H37N3O5/c1-18(2)27-22-16-20(19-11-14-32(15-12-19)26(33)6-5-13-30-29(34)35)7-9-23(22)31-28(27)21-8-10-24(36-3)25(17-21)37-4/h7-10,16-19,30-31H,5-6,11-15H2,1-4H3,(H,34,35). The number of rotatable bonds is 9. The van der Waals surface area contributed by atoms with E-state index in [1.807, 2.05) is 17.0 Å². The van der Waals surface area contributed by atoms with E-state index in [9.17, 15) is 9.59 Å². The van der Waals surface area contributed by atoms with Gasteiger partial charge in [0.1, 0.15) is 0 Å². The molecular weight excluding hydrogens is 470 g/mol. The van der Waals surface area contributed by atoms with Gasteiger partial charge in [-0.3, -0.25) is 4.79 Å². The number of hydrogen-bond donors (Lipinski definition) is 3. The van der Waals surface area contributed by atoms with Crippen molar-refractivity contribution in [3.05, 3.63) is 47.5 Å². The molecule has 1 saturated heterocycles. The summed E-state index contributed by atoms with van der Waals surface area (Å²) in [7, 11) is 3.29. The van der Waals surface area contributed by atoms with Gasteiger partial charge in [0.15, 0.2) is 11.5 Å². The van der Waals surface area contributed by atoms with Gasteiger partial charge < -0.3 is 29.8 Å². The highest BCUT2D eigenvalue weighted by Gasteiger charge is 2.25. The quantitative estimate of drug-likeness (QED) is 0.321. The summed E-state index contributed by atoms with van der Waals surface area (Å²) < 4.78 is 11.0. The number of hydrogen-bond acceptors (Lipinski definition) is 4. The largest absolute Gasteiger partial charge is 0.493 e. The molecule has 1 aliphatic rings. The zero-order valence-electron chi connectivity index (χ0n) is 22.1. The molecule has 0 aliphatic carbocycles. The number of likely N-dealkylation sites (tertiary alicyclic amines) is 1. The number of amides is 2. The van der Waals surface area contributed by atoms with Crippen LogP contribution in [0.1, 0.15) is 62.5 Å². The fourth-order valence-corrected chi connectivity index (χ4v) is 5.36. The molecule has 4 rings (SSSR count). The molecular formula is C29H37N3O5. The van der Waals surface area contributed by atoms with Crippen LogP contribution in [-0.4, -0.2) is 60.8 Å². The predicted molar refractivity (Wildman–Crippen MR) is 145 cm³/mol. The zero-order chi connectivity index (χ0) is 26.5. The number of carbonyl (C=O) groups is 2. The van der Waals surface area contributed by atoms with Gasteiger partial charge in [0, 0.05) is 42.5 Å². The monoisotopic (exact) mass is 507 g/mol. The third kappa shape index (κ3) is 5.84. The van der Waals surface area contributed by atoms with Crippen LogP contribution in [0.2, 0.25) is 0 Å². The van der Waals surface area contributed by atoms with Crippen LogP contribution >= 0.6 is 0 Å². The van der Waals surface area contributed by atoms with Crippen molar-refractivity contribution in [2.45, 2.75) is 51.4 Å². The summed E-state index contributed by atoms with van der Waals surface area (Å²) in [5, 5.41) is 12.2. The summed E-state index contributed by atoms with van der Waals surface area (Å²) >= 11 is 0. The van der Waals surface area contributed by atoms with Crippen LogP contribution in [0.5, 0.6) is 11.5 Å². The Hall–Kier alpha value is -3.68. The Bertz CT molecular complexity index is 1260. The van der Waals surface area contributed by atoms with Crippen LogP contribution in [-0.2, 0) is 4.79 Å². The molecule has 1 aromatic heterocycles. The molecule has 0 atom stereocenters. The van der Waals surface area contributed by atoms with Crippen LogP contribution in [0, 0.1) is 0 Å². The molecule has 0 unspecified atom stereocenters. The lowest BCUT2D eigenvalue weighted by atomic mass is 9.87. The van der Waals surface area contributed by atoms with E-state index in [-0.39, 0.29) is 5.91 Å². The van der Waals surface area contributed by atoms with E-state index in [2.05, 4.69) is 48.4 Å². The van der Waals surface area contributed by atoms with Crippen molar-refractivity contribution in [2.24, 2.45) is 0 Å². The maximum Gasteiger partial charge on any atom is 0.404 e. The average molecular weight is 508 g/mol. The minimum Gasteiger partial charge on any atom is -0.493 e. The Labute approximate surface area is 218 Å². The smallest absolute Gasteiger partial charge is 0.404 e. The van der Waals surface area contributed by atoms with Crippen molar-refractivity contribution in [3.8, 4) is 22.8 Å². The van der Waals surface area contributed by atoms with Gasteiger partial charge in [-0.1, -0.05) is 19.9 Å². The molecule has 2 heterocycles. The number of nitrogens with one attached hydrogen (secondary N) is 2. The van der Waals surface area contributed by atoms with E-state index in [4.69, 9.17) is 14.6 Å². The minimum atomic E-state index is -1.05. The fraction of sp³-hybridized carbons (Fsp3) is 0.448. The second kappa shape index (κ2) is 11.6. The van der Waals surface area contributed by atoms with E-state index in [0.717, 1.165) is 42.7 Å². The van der Waals surface area contributed by atoms with Gasteiger partial charge in [-0.2, -0.15) is 0 Å². The maximum atomic E-state index is 12.5. The van der Waals surface area contributed by atoms with Crippen LogP contribution in [0.3, 0.4) is 0 Å². The van der Waals surface area contributed by atoms with Gasteiger partial charge >= 0.3 is 6.09 Å². The maximum absolute atomic E-state index is 12.5. The number of carbonyl (C=O) groups excluding carboxylic acids is 1. The molecule has 1 fully saturated rings. The second-order valence-corrected chi connectivity index (χ2v) is 9.93. The van der Waals surface area contributed by atoms with E-state index >= 15 is 0 Å². The Morgan fingerprint density at radius 1 is 1.08 bits per heavy atom. The summed E-state index contributed by atoms with van der Waals surface area (Å²) in [6.07, 6.45) is 1.69. The number of aromatic nitrogens is 1. The van der Waals surface area contributed by atoms with Crippen molar-refractivity contribution in [3.63, 3.8) is 0 Å². The van der Waals surface area contributed by atoms with E-state index < -0.39 is 6.09 Å². The average Bonchev–Trinajstić information content (AvgIpc) is 3.29. The Kier molecular flexibility index (Phi) is 8.26. The molecule has 198 valence electrons. The van der Waals surface area contributed by atoms with Gasteiger partial charge in [-0.15, -0.1) is 0 Å². The fourth-order valence-electron chi connectivity index (χ4n) is 5.36. The highest BCUT2D eigenvalue weighted by Crippen LogP contribution is 2.40. The lowest BCUT2D eigenvalue weighted by Crippen LogP contribution is -2.38. The third-order valence-corrected chi connectivity index (χ3v) is 7.28. The van der Waals surface area contributed by atoms with E-state index in [1.165, 1.54) is 16.5 Å². The Morgan fingerprint density at radius 2 is 1.81 bits per heavy atom. The number of H-pyrrole nitrogens is 1. The lowest BCUT2D eigenvalue weighted by molar-refractivity contribution is -0.132. The molecule has 2 amide bonds. The number of aromatic amines is 1. The van der Waals surface area contributed by atoms with Crippen LogP contribution in [0.4, 0.5) is 4.79 Å². The number of methoxy groups -OCH3 is 2. The molecule has 37 heavy (non-hydrogen) atoms. The van der Waals surface area contributed by atoms with Gasteiger partial charge in [0.25, 0.3) is 0 Å². The predicted octanol–water partition coefficient (Wildman–Crippen LogP) is 5.73. The highest BCUT2D eigenvalue weighted by molar-refractivity contribution is 5.92. The van der Waals surface area contributed by atoms with Crippen LogP contribution in [0.15, 0.2) is 36.4 Å². The molecule has 0 radical (unpaired) electrons. The normalized spacial score (nSPS) is 14.2. The molecule has 3 aromatic rings. The SMILES string of the molecule is COc1ccc(-c2[nH]c3ccc(C4CCN(C(=O)CCCNC(=O)O)CC4)cc3c2C(C)C)cc1OC. The summed E-state index contributed by atoms with van der Waals surface area (Å²) in [6.45, 7) is 6.20. The van der Waals surface area contributed by atoms with Crippen molar-refractivity contribution in [1.82, 2.24) is 15.2 Å². The zero-order valence-corrected chi connectivity index (χ0v) is 22.1. The first-order valence-corrected chi connectivity index (χ1v) is 12.9. The summed E-state index contributed by atoms with van der Waals surface area (Å²) in [4.78, 5) is 28.7. The molecule has 2 aromatic carbocycles. The number of carboxylic acid groups (broad SMARTS) is 1.